The van der Waals surface area contributed by atoms with E-state index < -0.39 is 0 Å². The third kappa shape index (κ3) is 7.00. The van der Waals surface area contributed by atoms with Gasteiger partial charge in [-0.1, -0.05) is 176 Å². The lowest BCUT2D eigenvalue weighted by atomic mass is 9.96. The van der Waals surface area contributed by atoms with E-state index in [-0.39, 0.29) is 0 Å². The van der Waals surface area contributed by atoms with Crippen molar-refractivity contribution in [2.75, 3.05) is 0 Å². The van der Waals surface area contributed by atoms with Crippen molar-refractivity contribution >= 4 is 44.1 Å². The normalized spacial score (nSPS) is 11.5. The molecule has 13 rings (SSSR count). The number of rotatable bonds is 8. The summed E-state index contributed by atoms with van der Waals surface area (Å²) in [6.07, 6.45) is 0. The predicted molar refractivity (Wildman–Crippen MR) is 276 cm³/mol. The van der Waals surface area contributed by atoms with Crippen LogP contribution < -0.4 is 0 Å². The number of aromatic nitrogens is 4. The zero-order valence-corrected chi connectivity index (χ0v) is 36.5. The molecule has 0 aliphatic heterocycles. The summed E-state index contributed by atoms with van der Waals surface area (Å²) < 4.78 is 13.0. The van der Waals surface area contributed by atoms with Gasteiger partial charge < -0.3 is 8.83 Å². The van der Waals surface area contributed by atoms with Gasteiger partial charge in [0.15, 0.2) is 22.8 Å². The van der Waals surface area contributed by atoms with Crippen molar-refractivity contribution in [3.05, 3.63) is 231 Å². The fourth-order valence-electron chi connectivity index (χ4n) is 9.34. The summed E-state index contributed by atoms with van der Waals surface area (Å²) in [5, 5.41) is 1.91. The van der Waals surface area contributed by atoms with E-state index >= 15 is 0 Å². The maximum atomic E-state index is 6.50. The Morgan fingerprint density at radius 1 is 0.235 bits per heavy atom. The first kappa shape index (κ1) is 39.1. The monoisotopic (exact) mass is 870 g/mol. The molecule has 68 heavy (non-hydrogen) atoms. The van der Waals surface area contributed by atoms with Crippen molar-refractivity contribution in [2.45, 2.75) is 0 Å². The molecule has 0 amide bonds. The maximum absolute atomic E-state index is 6.50. The van der Waals surface area contributed by atoms with E-state index in [1.807, 2.05) is 48.5 Å². The van der Waals surface area contributed by atoms with Crippen LogP contribution in [0, 0.1) is 0 Å². The van der Waals surface area contributed by atoms with Crippen LogP contribution in [-0.4, -0.2) is 19.9 Å². The molecule has 0 bridgehead atoms. The van der Waals surface area contributed by atoms with E-state index in [9.17, 15) is 0 Å². The molecule has 4 aromatic heterocycles. The second-order valence-electron chi connectivity index (χ2n) is 17.0. The van der Waals surface area contributed by atoms with Gasteiger partial charge in [-0.3, -0.25) is 0 Å². The third-order valence-electron chi connectivity index (χ3n) is 12.7. The van der Waals surface area contributed by atoms with Gasteiger partial charge in [0.05, 0.1) is 0 Å². The van der Waals surface area contributed by atoms with Gasteiger partial charge in [0, 0.05) is 33.0 Å². The Morgan fingerprint density at radius 2 is 0.529 bits per heavy atom. The summed E-state index contributed by atoms with van der Waals surface area (Å²) in [6, 6.07) is 79.5. The number of hydrogen-bond donors (Lipinski definition) is 0. The van der Waals surface area contributed by atoms with Crippen LogP contribution >= 0.6 is 0 Å². The molecule has 13 aromatic rings. The quantitative estimate of drug-likeness (QED) is 0.151. The van der Waals surface area contributed by atoms with Crippen molar-refractivity contribution in [1.29, 1.82) is 0 Å². The van der Waals surface area contributed by atoms with Crippen LogP contribution in [0.1, 0.15) is 0 Å². The summed E-state index contributed by atoms with van der Waals surface area (Å²) >= 11 is 0. The van der Waals surface area contributed by atoms with Gasteiger partial charge in [-0.05, 0) is 99.1 Å². The highest BCUT2D eigenvalue weighted by molar-refractivity contribution is 6.08. The van der Waals surface area contributed by atoms with Crippen molar-refractivity contribution in [3.63, 3.8) is 0 Å². The van der Waals surface area contributed by atoms with Gasteiger partial charge in [-0.2, -0.15) is 0 Å². The minimum atomic E-state index is 0.628. The first-order chi connectivity index (χ1) is 33.7. The standard InChI is InChI=1S/C62H38N4O2/c1-3-16-39(17-4-1)41-20-12-26-47(35-41)55-59-57(51-30-7-9-32-53(51)67-59)65-61(63-55)49-28-14-24-45(37-49)43-22-11-23-44(34-43)46-25-15-29-50(38-46)62-64-56(60-58(66-62)52-31-8-10-33-54(52)68-60)48-27-13-21-42(36-48)40-18-5-2-6-19-40/h1-38H. The highest BCUT2D eigenvalue weighted by Crippen LogP contribution is 2.40. The molecular weight excluding hydrogens is 833 g/mol. The third-order valence-corrected chi connectivity index (χ3v) is 12.7. The Balaban J connectivity index is 0.882. The molecule has 318 valence electrons. The molecule has 9 aromatic carbocycles. The molecule has 0 fully saturated rings. The SMILES string of the molecule is c1ccc(-c2cccc(-c3nc(-c4cccc(-c5cccc(-c6cccc(-c7nc(-c8cccc(-c9ccccc9)c8)c8oc9ccccc9c8n7)c6)c5)c4)nc4c3oc3ccccc34)c2)cc1. The fraction of sp³-hybridized carbons (Fsp3) is 0. The minimum absolute atomic E-state index is 0.628. The summed E-state index contributed by atoms with van der Waals surface area (Å²) in [6.45, 7) is 0. The second kappa shape index (κ2) is 16.3. The average molecular weight is 871 g/mol. The van der Waals surface area contributed by atoms with E-state index in [1.165, 1.54) is 0 Å². The van der Waals surface area contributed by atoms with E-state index in [1.54, 1.807) is 0 Å². The van der Waals surface area contributed by atoms with E-state index in [0.29, 0.717) is 22.8 Å². The number of fused-ring (bicyclic) bond motifs is 6. The topological polar surface area (TPSA) is 77.8 Å². The molecule has 0 radical (unpaired) electrons. The zero-order valence-electron chi connectivity index (χ0n) is 36.5. The van der Waals surface area contributed by atoms with Crippen LogP contribution in [0.4, 0.5) is 0 Å². The minimum Gasteiger partial charge on any atom is -0.452 e. The smallest absolute Gasteiger partial charge is 0.180 e. The van der Waals surface area contributed by atoms with Crippen LogP contribution in [0.5, 0.6) is 0 Å². The first-order valence-corrected chi connectivity index (χ1v) is 22.7. The fourth-order valence-corrected chi connectivity index (χ4v) is 9.34. The van der Waals surface area contributed by atoms with Crippen LogP contribution in [0.15, 0.2) is 239 Å². The van der Waals surface area contributed by atoms with Gasteiger partial charge in [-0.15, -0.1) is 0 Å². The lowest BCUT2D eigenvalue weighted by Crippen LogP contribution is -1.95. The van der Waals surface area contributed by atoms with Crippen molar-refractivity contribution in [1.82, 2.24) is 19.9 Å². The second-order valence-corrected chi connectivity index (χ2v) is 17.0. The lowest BCUT2D eigenvalue weighted by molar-refractivity contribution is 0.667. The van der Waals surface area contributed by atoms with Crippen molar-refractivity contribution in [3.8, 4) is 89.8 Å². The Labute approximate surface area is 391 Å². The summed E-state index contributed by atoms with van der Waals surface area (Å²) in [5.41, 5.74) is 18.5. The Bertz CT molecular complexity index is 3780. The Hall–Kier alpha value is -9.26. The first-order valence-electron chi connectivity index (χ1n) is 22.7. The number of hydrogen-bond acceptors (Lipinski definition) is 6. The van der Waals surface area contributed by atoms with Gasteiger partial charge in [-0.25, -0.2) is 19.9 Å². The zero-order chi connectivity index (χ0) is 45.0. The largest absolute Gasteiger partial charge is 0.452 e. The van der Waals surface area contributed by atoms with Crippen molar-refractivity contribution in [2.24, 2.45) is 0 Å². The van der Waals surface area contributed by atoms with E-state index in [4.69, 9.17) is 28.8 Å². The molecule has 6 nitrogen and oxygen atoms in total. The summed E-state index contributed by atoms with van der Waals surface area (Å²) in [4.78, 5) is 20.9. The average Bonchev–Trinajstić information content (AvgIpc) is 4.00. The van der Waals surface area contributed by atoms with E-state index in [0.717, 1.165) is 111 Å². The van der Waals surface area contributed by atoms with Gasteiger partial charge in [0.1, 0.15) is 33.6 Å². The lowest BCUT2D eigenvalue weighted by Gasteiger charge is -2.11. The maximum Gasteiger partial charge on any atom is 0.180 e. The molecule has 0 N–H and O–H groups in total. The van der Waals surface area contributed by atoms with Gasteiger partial charge in [0.25, 0.3) is 0 Å². The van der Waals surface area contributed by atoms with Gasteiger partial charge >= 0.3 is 0 Å². The number of para-hydroxylation sites is 2. The molecule has 4 heterocycles. The van der Waals surface area contributed by atoms with E-state index in [2.05, 4.69) is 182 Å². The van der Waals surface area contributed by atoms with Crippen LogP contribution in [0.2, 0.25) is 0 Å². The molecule has 0 aliphatic rings. The number of nitrogens with zero attached hydrogens (tertiary/aromatic N) is 4. The Kier molecular flexibility index (Phi) is 9.39. The van der Waals surface area contributed by atoms with Crippen molar-refractivity contribution < 1.29 is 8.83 Å². The molecule has 0 aliphatic carbocycles. The molecular formula is C62H38N4O2. The van der Waals surface area contributed by atoms with Crippen LogP contribution in [-0.2, 0) is 0 Å². The molecule has 6 heteroatoms. The highest BCUT2D eigenvalue weighted by Gasteiger charge is 2.21. The highest BCUT2D eigenvalue weighted by atomic mass is 16.3. The molecule has 0 spiro atoms. The Morgan fingerprint density at radius 3 is 0.941 bits per heavy atom. The van der Waals surface area contributed by atoms with Crippen LogP contribution in [0.3, 0.4) is 0 Å². The summed E-state index contributed by atoms with van der Waals surface area (Å²) in [5.74, 6) is 1.26. The molecule has 0 unspecified atom stereocenters. The predicted octanol–water partition coefficient (Wildman–Crippen LogP) is 16.4. The number of furan rings is 2. The van der Waals surface area contributed by atoms with Crippen LogP contribution in [0.25, 0.3) is 134 Å². The molecule has 0 saturated carbocycles. The number of benzene rings is 9. The molecule has 0 saturated heterocycles. The van der Waals surface area contributed by atoms with Gasteiger partial charge in [0.2, 0.25) is 0 Å². The summed E-state index contributed by atoms with van der Waals surface area (Å²) in [7, 11) is 0. The molecule has 0 atom stereocenters.